The Morgan fingerprint density at radius 2 is 1.94 bits per heavy atom. The van der Waals surface area contributed by atoms with E-state index >= 15 is 0 Å². The molecule has 172 valence electrons. The second kappa shape index (κ2) is 7.21. The fraction of sp³-hybridized carbons (Fsp3) is 0.692. The minimum atomic E-state index is 0.00503. The molecule has 3 atom stereocenters. The van der Waals surface area contributed by atoms with Crippen LogP contribution in [-0.2, 0) is 16.6 Å². The molecule has 32 heavy (non-hydrogen) atoms. The van der Waals surface area contributed by atoms with Crippen molar-refractivity contribution in [3.05, 3.63) is 29.1 Å². The number of nitrogens with one attached hydrogen (secondary N) is 1. The average Bonchev–Trinajstić information content (AvgIpc) is 3.45. The number of likely N-dealkylation sites (tertiary alicyclic amines) is 2. The summed E-state index contributed by atoms with van der Waals surface area (Å²) in [6.45, 7) is 10.7. The Bertz CT molecular complexity index is 1050. The molecule has 4 aliphatic rings. The molecule has 6 nitrogen and oxygen atoms in total. The van der Waals surface area contributed by atoms with Gasteiger partial charge in [0.2, 0.25) is 0 Å². The van der Waals surface area contributed by atoms with Crippen LogP contribution < -0.4 is 0 Å². The van der Waals surface area contributed by atoms with Crippen LogP contribution in [0.15, 0.2) is 12.1 Å². The third kappa shape index (κ3) is 2.87. The molecule has 0 spiro atoms. The highest BCUT2D eigenvalue weighted by Crippen LogP contribution is 2.56. The van der Waals surface area contributed by atoms with Gasteiger partial charge in [-0.2, -0.15) is 0 Å². The van der Waals surface area contributed by atoms with Gasteiger partial charge in [0.15, 0.2) is 0 Å². The zero-order chi connectivity index (χ0) is 22.1. The largest absolute Gasteiger partial charge is 0.370 e. The molecule has 1 N–H and O–H groups in total. The lowest BCUT2D eigenvalue weighted by atomic mass is 9.51. The molecule has 0 saturated carbocycles. The van der Waals surface area contributed by atoms with Gasteiger partial charge in [-0.3, -0.25) is 0 Å². The summed E-state index contributed by atoms with van der Waals surface area (Å²) in [5.41, 5.74) is 5.00. The van der Waals surface area contributed by atoms with Gasteiger partial charge in [0.25, 0.3) is 0 Å². The standard InChI is InChI=1S/C26H36N4O2/c1-25(2)22-15-17-14-19-20(28-23(27-19)21-8-7-13-32-21)16-18(17)26(25,3)9-12-30(22)24(31)29-10-5-4-6-11-29/h14,16,21-22H,4-13,15H2,1-3H3,(H,27,28)/t21?,22-,26+/m1/s1. The van der Waals surface area contributed by atoms with Crippen LogP contribution in [-0.4, -0.2) is 58.1 Å². The summed E-state index contributed by atoms with van der Waals surface area (Å²) in [6, 6.07) is 5.13. The van der Waals surface area contributed by atoms with E-state index in [1.54, 1.807) is 0 Å². The normalized spacial score (nSPS) is 31.7. The molecular formula is C26H36N4O2. The highest BCUT2D eigenvalue weighted by Gasteiger charge is 2.57. The topological polar surface area (TPSA) is 61.5 Å². The van der Waals surface area contributed by atoms with Crippen LogP contribution in [0.4, 0.5) is 4.79 Å². The summed E-state index contributed by atoms with van der Waals surface area (Å²) in [4.78, 5) is 26.3. The first kappa shape index (κ1) is 20.5. The monoisotopic (exact) mass is 436 g/mol. The Balaban J connectivity index is 1.38. The lowest BCUT2D eigenvalue weighted by Gasteiger charge is -2.61. The number of ether oxygens (including phenoxy) is 1. The van der Waals surface area contributed by atoms with Crippen molar-refractivity contribution in [3.8, 4) is 0 Å². The van der Waals surface area contributed by atoms with Crippen molar-refractivity contribution in [3.63, 3.8) is 0 Å². The maximum atomic E-state index is 13.5. The fourth-order valence-corrected chi connectivity index (χ4v) is 6.88. The van der Waals surface area contributed by atoms with E-state index in [1.807, 2.05) is 0 Å². The van der Waals surface area contributed by atoms with E-state index in [-0.39, 0.29) is 29.0 Å². The summed E-state index contributed by atoms with van der Waals surface area (Å²) >= 11 is 0. The number of aromatic nitrogens is 2. The van der Waals surface area contributed by atoms with E-state index in [1.165, 1.54) is 17.5 Å². The molecule has 3 aliphatic heterocycles. The zero-order valence-corrected chi connectivity index (χ0v) is 19.7. The van der Waals surface area contributed by atoms with E-state index in [2.05, 4.69) is 47.7 Å². The molecule has 3 saturated heterocycles. The van der Waals surface area contributed by atoms with Crippen LogP contribution in [0.3, 0.4) is 0 Å². The van der Waals surface area contributed by atoms with E-state index in [4.69, 9.17) is 9.72 Å². The van der Waals surface area contributed by atoms with Crippen LogP contribution in [0, 0.1) is 5.41 Å². The smallest absolute Gasteiger partial charge is 0.320 e. The SMILES string of the molecule is CC1(C)[C@H]2Cc3cc4[nH]c(C5CCCO5)nc4cc3[C@]1(C)CCN2C(=O)N1CCCCC1. The Hall–Kier alpha value is -2.08. The number of urea groups is 1. The number of hydrogen-bond donors (Lipinski definition) is 1. The number of rotatable bonds is 1. The van der Waals surface area contributed by atoms with Gasteiger partial charge in [0, 0.05) is 37.7 Å². The van der Waals surface area contributed by atoms with Crippen molar-refractivity contribution in [1.82, 2.24) is 19.8 Å². The fourth-order valence-electron chi connectivity index (χ4n) is 6.88. The molecule has 4 heterocycles. The van der Waals surface area contributed by atoms with Gasteiger partial charge in [-0.25, -0.2) is 9.78 Å². The van der Waals surface area contributed by atoms with E-state index in [0.717, 1.165) is 81.6 Å². The van der Waals surface area contributed by atoms with Crippen molar-refractivity contribution >= 4 is 17.1 Å². The number of aromatic amines is 1. The predicted molar refractivity (Wildman–Crippen MR) is 125 cm³/mol. The number of carbonyl (C=O) groups is 1. The van der Waals surface area contributed by atoms with Crippen LogP contribution in [0.2, 0.25) is 0 Å². The Morgan fingerprint density at radius 1 is 1.12 bits per heavy atom. The number of piperidine rings is 2. The number of amides is 2. The van der Waals surface area contributed by atoms with Gasteiger partial charge in [-0.15, -0.1) is 0 Å². The summed E-state index contributed by atoms with van der Waals surface area (Å²) in [7, 11) is 0. The van der Waals surface area contributed by atoms with E-state index in [9.17, 15) is 4.79 Å². The Morgan fingerprint density at radius 3 is 2.69 bits per heavy atom. The number of nitrogens with zero attached hydrogens (tertiary/aromatic N) is 3. The Labute approximate surface area is 190 Å². The van der Waals surface area contributed by atoms with Gasteiger partial charge in [0.05, 0.1) is 11.0 Å². The Kier molecular flexibility index (Phi) is 4.62. The van der Waals surface area contributed by atoms with Crippen LogP contribution in [0.5, 0.6) is 0 Å². The number of carbonyl (C=O) groups excluding carboxylic acids is 1. The second-order valence-electron chi connectivity index (χ2n) is 11.2. The van der Waals surface area contributed by atoms with Gasteiger partial charge < -0.3 is 19.5 Å². The maximum absolute atomic E-state index is 13.5. The molecule has 1 unspecified atom stereocenters. The summed E-state index contributed by atoms with van der Waals surface area (Å²) in [6.07, 6.45) is 7.69. The van der Waals surface area contributed by atoms with Gasteiger partial charge in [0.1, 0.15) is 11.9 Å². The number of fused-ring (bicyclic) bond motifs is 5. The number of imidazole rings is 1. The third-order valence-corrected chi connectivity index (χ3v) is 9.32. The number of H-pyrrole nitrogens is 1. The molecule has 0 radical (unpaired) electrons. The molecule has 6 heteroatoms. The third-order valence-electron chi connectivity index (χ3n) is 9.32. The van der Waals surface area contributed by atoms with Crippen molar-refractivity contribution in [2.45, 2.75) is 83.3 Å². The minimum Gasteiger partial charge on any atom is -0.370 e. The zero-order valence-electron chi connectivity index (χ0n) is 19.7. The van der Waals surface area contributed by atoms with Crippen molar-refractivity contribution in [1.29, 1.82) is 0 Å². The highest BCUT2D eigenvalue weighted by molar-refractivity contribution is 5.79. The molecule has 1 aromatic carbocycles. The molecule has 2 bridgehead atoms. The molecule has 2 aromatic rings. The van der Waals surface area contributed by atoms with Crippen molar-refractivity contribution in [2.75, 3.05) is 26.2 Å². The van der Waals surface area contributed by atoms with Crippen molar-refractivity contribution in [2.24, 2.45) is 5.41 Å². The minimum absolute atomic E-state index is 0.00503. The quantitative estimate of drug-likeness (QED) is 0.689. The average molecular weight is 437 g/mol. The summed E-state index contributed by atoms with van der Waals surface area (Å²) in [5.74, 6) is 0.967. The predicted octanol–water partition coefficient (Wildman–Crippen LogP) is 4.93. The van der Waals surface area contributed by atoms with Crippen molar-refractivity contribution < 1.29 is 9.53 Å². The van der Waals surface area contributed by atoms with E-state index < -0.39 is 0 Å². The van der Waals surface area contributed by atoms with Crippen LogP contribution in [0.25, 0.3) is 11.0 Å². The van der Waals surface area contributed by atoms with Crippen LogP contribution >= 0.6 is 0 Å². The first-order valence-electron chi connectivity index (χ1n) is 12.6. The van der Waals surface area contributed by atoms with Gasteiger partial charge in [-0.1, -0.05) is 20.8 Å². The molecule has 3 fully saturated rings. The first-order valence-corrected chi connectivity index (χ1v) is 12.6. The molecule has 1 aliphatic carbocycles. The number of benzene rings is 1. The number of hydrogen-bond acceptors (Lipinski definition) is 3. The lowest BCUT2D eigenvalue weighted by Crippen LogP contribution is -2.66. The van der Waals surface area contributed by atoms with Crippen LogP contribution in [0.1, 0.15) is 82.4 Å². The first-order chi connectivity index (χ1) is 15.4. The molecule has 6 rings (SSSR count). The van der Waals surface area contributed by atoms with Gasteiger partial charge >= 0.3 is 6.03 Å². The molecule has 2 amide bonds. The summed E-state index contributed by atoms with van der Waals surface area (Å²) in [5, 5.41) is 0. The maximum Gasteiger partial charge on any atom is 0.320 e. The lowest BCUT2D eigenvalue weighted by molar-refractivity contribution is -0.0241. The molecule has 1 aromatic heterocycles. The van der Waals surface area contributed by atoms with E-state index in [0.29, 0.717) is 0 Å². The second-order valence-corrected chi connectivity index (χ2v) is 11.2. The molecular weight excluding hydrogens is 400 g/mol. The highest BCUT2D eigenvalue weighted by atomic mass is 16.5. The van der Waals surface area contributed by atoms with Gasteiger partial charge in [-0.05, 0) is 73.6 Å². The summed E-state index contributed by atoms with van der Waals surface area (Å²) < 4.78 is 5.87.